The summed E-state index contributed by atoms with van der Waals surface area (Å²) in [5.74, 6) is 0.796. The van der Waals surface area contributed by atoms with Crippen molar-refractivity contribution in [3.05, 3.63) is 72.1 Å². The molecule has 1 heterocycles. The first-order valence-corrected chi connectivity index (χ1v) is 8.32. The molecule has 2 aromatic carbocycles. The third-order valence-electron chi connectivity index (χ3n) is 3.85. The summed E-state index contributed by atoms with van der Waals surface area (Å²) in [5, 5.41) is 5.91. The zero-order chi connectivity index (χ0) is 18.4. The van der Waals surface area contributed by atoms with Crippen LogP contribution in [0.3, 0.4) is 0 Å². The van der Waals surface area contributed by atoms with Gasteiger partial charge in [-0.15, -0.1) is 0 Å². The van der Waals surface area contributed by atoms with Gasteiger partial charge in [0.05, 0.1) is 7.11 Å². The number of hydrogen-bond donors (Lipinski definition) is 2. The molecular formula is C20H20N4O2. The third-order valence-corrected chi connectivity index (χ3v) is 3.85. The van der Waals surface area contributed by atoms with Crippen LogP contribution >= 0.6 is 0 Å². The number of carbonyl (C=O) groups excluding carboxylic acids is 1. The van der Waals surface area contributed by atoms with Crippen molar-refractivity contribution in [2.75, 3.05) is 17.7 Å². The summed E-state index contributed by atoms with van der Waals surface area (Å²) in [4.78, 5) is 20.8. The maximum absolute atomic E-state index is 12.4. The number of aromatic nitrogens is 2. The van der Waals surface area contributed by atoms with E-state index in [1.807, 2.05) is 24.3 Å². The standard InChI is InChI=1S/C20H20N4O2/c1-3-14-4-6-16(7-5-14)23-20-21-13-12-18(24-20)19(25)22-15-8-10-17(26-2)11-9-15/h4-13H,3H2,1-2H3,(H,22,25)(H,21,23,24). The topological polar surface area (TPSA) is 76.1 Å². The van der Waals surface area contributed by atoms with Crippen molar-refractivity contribution >= 4 is 23.2 Å². The van der Waals surface area contributed by atoms with Gasteiger partial charge >= 0.3 is 0 Å². The lowest BCUT2D eigenvalue weighted by Crippen LogP contribution is -2.14. The molecule has 1 amide bonds. The first-order valence-electron chi connectivity index (χ1n) is 8.32. The van der Waals surface area contributed by atoms with Gasteiger partial charge in [-0.05, 0) is 54.4 Å². The second-order valence-corrected chi connectivity index (χ2v) is 5.62. The molecule has 132 valence electrons. The van der Waals surface area contributed by atoms with Crippen LogP contribution in [0.15, 0.2) is 60.8 Å². The van der Waals surface area contributed by atoms with Gasteiger partial charge in [-0.2, -0.15) is 0 Å². The number of nitrogens with zero attached hydrogens (tertiary/aromatic N) is 2. The van der Waals surface area contributed by atoms with E-state index in [1.54, 1.807) is 43.6 Å². The van der Waals surface area contributed by atoms with E-state index in [0.717, 1.165) is 17.9 Å². The van der Waals surface area contributed by atoms with E-state index in [4.69, 9.17) is 4.74 Å². The molecule has 0 fully saturated rings. The number of nitrogens with one attached hydrogen (secondary N) is 2. The van der Waals surface area contributed by atoms with Crippen LogP contribution in [-0.2, 0) is 6.42 Å². The number of amides is 1. The number of hydrogen-bond acceptors (Lipinski definition) is 5. The second-order valence-electron chi connectivity index (χ2n) is 5.62. The van der Waals surface area contributed by atoms with E-state index in [1.165, 1.54) is 5.56 Å². The molecular weight excluding hydrogens is 328 g/mol. The zero-order valence-corrected chi connectivity index (χ0v) is 14.7. The van der Waals surface area contributed by atoms with Crippen LogP contribution in [-0.4, -0.2) is 23.0 Å². The number of aryl methyl sites for hydroxylation is 1. The summed E-state index contributed by atoms with van der Waals surface area (Å²) >= 11 is 0. The Morgan fingerprint density at radius 3 is 2.35 bits per heavy atom. The molecule has 6 heteroatoms. The van der Waals surface area contributed by atoms with Gasteiger partial charge < -0.3 is 15.4 Å². The summed E-state index contributed by atoms with van der Waals surface area (Å²) in [6, 6.07) is 16.7. The molecule has 3 rings (SSSR count). The molecule has 0 spiro atoms. The van der Waals surface area contributed by atoms with Crippen molar-refractivity contribution < 1.29 is 9.53 Å². The molecule has 0 bridgehead atoms. The van der Waals surface area contributed by atoms with Crippen molar-refractivity contribution in [1.29, 1.82) is 0 Å². The molecule has 6 nitrogen and oxygen atoms in total. The highest BCUT2D eigenvalue weighted by Gasteiger charge is 2.09. The molecule has 1 aromatic heterocycles. The van der Waals surface area contributed by atoms with Gasteiger partial charge in [-0.25, -0.2) is 9.97 Å². The first-order chi connectivity index (χ1) is 12.7. The number of rotatable bonds is 6. The zero-order valence-electron chi connectivity index (χ0n) is 14.7. The quantitative estimate of drug-likeness (QED) is 0.703. The van der Waals surface area contributed by atoms with Crippen LogP contribution in [0.5, 0.6) is 5.75 Å². The van der Waals surface area contributed by atoms with Gasteiger partial charge in [0.25, 0.3) is 5.91 Å². The minimum atomic E-state index is -0.304. The van der Waals surface area contributed by atoms with Gasteiger partial charge in [0, 0.05) is 17.6 Å². The molecule has 26 heavy (non-hydrogen) atoms. The molecule has 0 atom stereocenters. The van der Waals surface area contributed by atoms with Crippen LogP contribution in [0.4, 0.5) is 17.3 Å². The predicted octanol–water partition coefficient (Wildman–Crippen LogP) is 4.04. The van der Waals surface area contributed by atoms with E-state index in [0.29, 0.717) is 11.6 Å². The van der Waals surface area contributed by atoms with E-state index in [9.17, 15) is 4.79 Å². The molecule has 0 radical (unpaired) electrons. The highest BCUT2D eigenvalue weighted by molar-refractivity contribution is 6.03. The van der Waals surface area contributed by atoms with E-state index in [2.05, 4.69) is 27.5 Å². The van der Waals surface area contributed by atoms with Crippen LogP contribution in [0.1, 0.15) is 23.0 Å². The van der Waals surface area contributed by atoms with Crippen LogP contribution in [0.25, 0.3) is 0 Å². The lowest BCUT2D eigenvalue weighted by Gasteiger charge is -2.08. The van der Waals surface area contributed by atoms with Crippen LogP contribution in [0, 0.1) is 0 Å². The molecule has 0 saturated heterocycles. The lowest BCUT2D eigenvalue weighted by atomic mass is 10.1. The maximum atomic E-state index is 12.4. The van der Waals surface area contributed by atoms with Crippen LogP contribution < -0.4 is 15.4 Å². The molecule has 0 aliphatic carbocycles. The van der Waals surface area contributed by atoms with Gasteiger partial charge in [-0.1, -0.05) is 19.1 Å². The van der Waals surface area contributed by atoms with E-state index in [-0.39, 0.29) is 11.6 Å². The number of anilines is 3. The Balaban J connectivity index is 1.69. The van der Waals surface area contributed by atoms with Gasteiger partial charge in [0.2, 0.25) is 5.95 Å². The number of carbonyl (C=O) groups is 1. The summed E-state index contributed by atoms with van der Waals surface area (Å²) in [7, 11) is 1.60. The van der Waals surface area contributed by atoms with Gasteiger partial charge in [0.15, 0.2) is 0 Å². The Kier molecular flexibility index (Phi) is 5.43. The van der Waals surface area contributed by atoms with Crippen molar-refractivity contribution in [2.24, 2.45) is 0 Å². The Bertz CT molecular complexity index is 877. The number of benzene rings is 2. The lowest BCUT2D eigenvalue weighted by molar-refractivity contribution is 0.102. The third kappa shape index (κ3) is 4.36. The predicted molar refractivity (Wildman–Crippen MR) is 102 cm³/mol. The van der Waals surface area contributed by atoms with Gasteiger partial charge in [-0.3, -0.25) is 4.79 Å². The maximum Gasteiger partial charge on any atom is 0.274 e. The molecule has 0 saturated carbocycles. The largest absolute Gasteiger partial charge is 0.497 e. The molecule has 0 unspecified atom stereocenters. The average molecular weight is 348 g/mol. The summed E-state index contributed by atoms with van der Waals surface area (Å²) < 4.78 is 5.10. The summed E-state index contributed by atoms with van der Waals surface area (Å²) in [6.45, 7) is 2.11. The van der Waals surface area contributed by atoms with Crippen molar-refractivity contribution in [3.8, 4) is 5.75 Å². The van der Waals surface area contributed by atoms with E-state index < -0.39 is 0 Å². The smallest absolute Gasteiger partial charge is 0.274 e. The fraction of sp³-hybridized carbons (Fsp3) is 0.150. The Morgan fingerprint density at radius 2 is 1.69 bits per heavy atom. The monoisotopic (exact) mass is 348 g/mol. The SMILES string of the molecule is CCc1ccc(Nc2nccc(C(=O)Nc3ccc(OC)cc3)n2)cc1. The highest BCUT2D eigenvalue weighted by atomic mass is 16.5. The van der Waals surface area contributed by atoms with Gasteiger partial charge in [0.1, 0.15) is 11.4 Å². The molecule has 2 N–H and O–H groups in total. The minimum absolute atomic E-state index is 0.281. The molecule has 3 aromatic rings. The first kappa shape index (κ1) is 17.4. The van der Waals surface area contributed by atoms with E-state index >= 15 is 0 Å². The number of methoxy groups -OCH3 is 1. The summed E-state index contributed by atoms with van der Waals surface area (Å²) in [5.41, 5.74) is 3.07. The fourth-order valence-corrected chi connectivity index (χ4v) is 2.37. The Morgan fingerprint density at radius 1 is 1.00 bits per heavy atom. The summed E-state index contributed by atoms with van der Waals surface area (Å²) in [6.07, 6.45) is 2.54. The fourth-order valence-electron chi connectivity index (χ4n) is 2.37. The van der Waals surface area contributed by atoms with Crippen molar-refractivity contribution in [1.82, 2.24) is 9.97 Å². The van der Waals surface area contributed by atoms with Crippen molar-refractivity contribution in [3.63, 3.8) is 0 Å². The van der Waals surface area contributed by atoms with Crippen LogP contribution in [0.2, 0.25) is 0 Å². The minimum Gasteiger partial charge on any atom is -0.497 e. The normalized spacial score (nSPS) is 10.2. The molecule has 0 aliphatic heterocycles. The van der Waals surface area contributed by atoms with Crippen molar-refractivity contribution in [2.45, 2.75) is 13.3 Å². The average Bonchev–Trinajstić information content (AvgIpc) is 2.69. The Hall–Kier alpha value is -3.41. The molecule has 0 aliphatic rings. The number of ether oxygens (including phenoxy) is 1. The highest BCUT2D eigenvalue weighted by Crippen LogP contribution is 2.17. The second kappa shape index (κ2) is 8.11. The Labute approximate surface area is 152 Å².